The average molecular weight is 210 g/mol. The summed E-state index contributed by atoms with van der Waals surface area (Å²) in [5.41, 5.74) is 0.687. The van der Waals surface area contributed by atoms with E-state index in [1.165, 1.54) is 58.4 Å². The third-order valence-electron chi connectivity index (χ3n) is 4.59. The van der Waals surface area contributed by atoms with E-state index in [0.29, 0.717) is 5.41 Å². The van der Waals surface area contributed by atoms with E-state index in [0.717, 1.165) is 5.92 Å². The van der Waals surface area contributed by atoms with Gasteiger partial charge in [0.2, 0.25) is 0 Å². The van der Waals surface area contributed by atoms with Crippen LogP contribution in [0.5, 0.6) is 0 Å². The SMILES string of the molecule is CCC1(CC)CN(CC2CCNCC2)C1. The molecule has 0 amide bonds. The van der Waals surface area contributed by atoms with Gasteiger partial charge in [0.1, 0.15) is 0 Å². The van der Waals surface area contributed by atoms with Gasteiger partial charge in [-0.15, -0.1) is 0 Å². The highest BCUT2D eigenvalue weighted by Gasteiger charge is 2.40. The minimum absolute atomic E-state index is 0.687. The Labute approximate surface area is 94.4 Å². The Morgan fingerprint density at radius 2 is 1.73 bits per heavy atom. The summed E-state index contributed by atoms with van der Waals surface area (Å²) in [5.74, 6) is 0.970. The molecule has 15 heavy (non-hydrogen) atoms. The minimum atomic E-state index is 0.687. The van der Waals surface area contributed by atoms with Crippen molar-refractivity contribution in [2.75, 3.05) is 32.7 Å². The molecule has 0 bridgehead atoms. The van der Waals surface area contributed by atoms with E-state index in [1.54, 1.807) is 0 Å². The maximum absolute atomic E-state index is 3.44. The molecule has 0 spiro atoms. The molecule has 2 aliphatic rings. The summed E-state index contributed by atoms with van der Waals surface area (Å²) in [5, 5.41) is 3.44. The van der Waals surface area contributed by atoms with Gasteiger partial charge in [0.15, 0.2) is 0 Å². The predicted octanol–water partition coefficient (Wildman–Crippen LogP) is 2.11. The molecule has 0 aliphatic carbocycles. The zero-order valence-corrected chi connectivity index (χ0v) is 10.4. The summed E-state index contributed by atoms with van der Waals surface area (Å²) in [4.78, 5) is 2.68. The summed E-state index contributed by atoms with van der Waals surface area (Å²) in [7, 11) is 0. The minimum Gasteiger partial charge on any atom is -0.317 e. The Morgan fingerprint density at radius 3 is 2.27 bits per heavy atom. The number of rotatable bonds is 4. The number of hydrogen-bond acceptors (Lipinski definition) is 2. The monoisotopic (exact) mass is 210 g/mol. The van der Waals surface area contributed by atoms with Crippen molar-refractivity contribution in [2.24, 2.45) is 11.3 Å². The summed E-state index contributed by atoms with van der Waals surface area (Å²) < 4.78 is 0. The zero-order chi connectivity index (χ0) is 10.7. The smallest absolute Gasteiger partial charge is 0.00504 e. The van der Waals surface area contributed by atoms with Crippen LogP contribution in [0.25, 0.3) is 0 Å². The number of likely N-dealkylation sites (tertiary alicyclic amines) is 1. The third-order valence-corrected chi connectivity index (χ3v) is 4.59. The Hall–Kier alpha value is -0.0800. The second-order valence-electron chi connectivity index (χ2n) is 5.57. The van der Waals surface area contributed by atoms with Crippen LogP contribution in [0.3, 0.4) is 0 Å². The van der Waals surface area contributed by atoms with Crippen molar-refractivity contribution in [1.82, 2.24) is 10.2 Å². The second-order valence-corrected chi connectivity index (χ2v) is 5.57. The van der Waals surface area contributed by atoms with E-state index < -0.39 is 0 Å². The maximum Gasteiger partial charge on any atom is 0.00504 e. The van der Waals surface area contributed by atoms with Crippen molar-refractivity contribution in [3.63, 3.8) is 0 Å². The first-order valence-electron chi connectivity index (χ1n) is 6.71. The molecule has 2 heterocycles. The Kier molecular flexibility index (Phi) is 3.68. The molecule has 88 valence electrons. The highest BCUT2D eigenvalue weighted by atomic mass is 15.2. The van der Waals surface area contributed by atoms with Crippen LogP contribution in [0.15, 0.2) is 0 Å². The number of hydrogen-bond donors (Lipinski definition) is 1. The first kappa shape index (κ1) is 11.4. The quantitative estimate of drug-likeness (QED) is 0.764. The van der Waals surface area contributed by atoms with E-state index >= 15 is 0 Å². The molecule has 2 aliphatic heterocycles. The van der Waals surface area contributed by atoms with E-state index in [-0.39, 0.29) is 0 Å². The maximum atomic E-state index is 3.44. The second kappa shape index (κ2) is 4.84. The van der Waals surface area contributed by atoms with E-state index in [1.807, 2.05) is 0 Å². The van der Waals surface area contributed by atoms with E-state index in [9.17, 15) is 0 Å². The normalized spacial score (nSPS) is 27.6. The van der Waals surface area contributed by atoms with Crippen LogP contribution in [0.2, 0.25) is 0 Å². The summed E-state index contributed by atoms with van der Waals surface area (Å²) in [6.07, 6.45) is 5.52. The van der Waals surface area contributed by atoms with Crippen LogP contribution < -0.4 is 5.32 Å². The first-order valence-corrected chi connectivity index (χ1v) is 6.71. The predicted molar refractivity (Wildman–Crippen MR) is 65.0 cm³/mol. The molecule has 2 nitrogen and oxygen atoms in total. The average Bonchev–Trinajstić information content (AvgIpc) is 2.24. The Balaban J connectivity index is 1.70. The van der Waals surface area contributed by atoms with Crippen molar-refractivity contribution in [3.05, 3.63) is 0 Å². The van der Waals surface area contributed by atoms with Gasteiger partial charge in [0.05, 0.1) is 0 Å². The van der Waals surface area contributed by atoms with E-state index in [4.69, 9.17) is 0 Å². The molecule has 0 radical (unpaired) electrons. The molecule has 0 aromatic rings. The summed E-state index contributed by atoms with van der Waals surface area (Å²) >= 11 is 0. The topological polar surface area (TPSA) is 15.3 Å². The first-order chi connectivity index (χ1) is 7.28. The lowest BCUT2D eigenvalue weighted by Crippen LogP contribution is -2.57. The molecular formula is C13H26N2. The van der Waals surface area contributed by atoms with Crippen molar-refractivity contribution in [3.8, 4) is 0 Å². The molecule has 2 saturated heterocycles. The molecule has 0 aromatic carbocycles. The van der Waals surface area contributed by atoms with Crippen molar-refractivity contribution in [1.29, 1.82) is 0 Å². The van der Waals surface area contributed by atoms with Gasteiger partial charge in [-0.05, 0) is 50.1 Å². The van der Waals surface area contributed by atoms with Gasteiger partial charge in [-0.1, -0.05) is 13.8 Å². The van der Waals surface area contributed by atoms with Crippen LogP contribution in [-0.4, -0.2) is 37.6 Å². The molecular weight excluding hydrogens is 184 g/mol. The number of nitrogens with one attached hydrogen (secondary N) is 1. The van der Waals surface area contributed by atoms with Gasteiger partial charge in [-0.3, -0.25) is 0 Å². The lowest BCUT2D eigenvalue weighted by Gasteiger charge is -2.51. The Bertz CT molecular complexity index is 185. The molecule has 0 aromatic heterocycles. The molecule has 2 rings (SSSR count). The summed E-state index contributed by atoms with van der Waals surface area (Å²) in [6.45, 7) is 11.3. The van der Waals surface area contributed by atoms with Crippen LogP contribution in [0.4, 0.5) is 0 Å². The lowest BCUT2D eigenvalue weighted by molar-refractivity contribution is -0.0186. The van der Waals surface area contributed by atoms with Gasteiger partial charge < -0.3 is 10.2 Å². The molecule has 2 heteroatoms. The highest BCUT2D eigenvalue weighted by Crippen LogP contribution is 2.37. The number of piperidine rings is 1. The van der Waals surface area contributed by atoms with Gasteiger partial charge in [0.25, 0.3) is 0 Å². The standard InChI is InChI=1S/C13H26N2/c1-3-13(4-2)10-15(11-13)9-12-5-7-14-8-6-12/h12,14H,3-11H2,1-2H3. The van der Waals surface area contributed by atoms with Crippen LogP contribution in [0.1, 0.15) is 39.5 Å². The molecule has 0 saturated carbocycles. The highest BCUT2D eigenvalue weighted by molar-refractivity contribution is 4.93. The van der Waals surface area contributed by atoms with Gasteiger partial charge >= 0.3 is 0 Å². The van der Waals surface area contributed by atoms with Gasteiger partial charge in [-0.25, -0.2) is 0 Å². The van der Waals surface area contributed by atoms with Gasteiger partial charge in [-0.2, -0.15) is 0 Å². The molecule has 1 N–H and O–H groups in total. The third kappa shape index (κ3) is 2.54. The van der Waals surface area contributed by atoms with Crippen molar-refractivity contribution >= 4 is 0 Å². The lowest BCUT2D eigenvalue weighted by atomic mass is 9.74. The van der Waals surface area contributed by atoms with Gasteiger partial charge in [0, 0.05) is 19.6 Å². The zero-order valence-electron chi connectivity index (χ0n) is 10.4. The fraction of sp³-hybridized carbons (Fsp3) is 1.00. The Morgan fingerprint density at radius 1 is 1.13 bits per heavy atom. The van der Waals surface area contributed by atoms with Crippen LogP contribution in [0, 0.1) is 11.3 Å². The van der Waals surface area contributed by atoms with Crippen LogP contribution >= 0.6 is 0 Å². The van der Waals surface area contributed by atoms with Crippen LogP contribution in [-0.2, 0) is 0 Å². The van der Waals surface area contributed by atoms with Crippen molar-refractivity contribution < 1.29 is 0 Å². The van der Waals surface area contributed by atoms with Crippen molar-refractivity contribution in [2.45, 2.75) is 39.5 Å². The molecule has 0 atom stereocenters. The largest absolute Gasteiger partial charge is 0.317 e. The molecule has 0 unspecified atom stereocenters. The fourth-order valence-corrected chi connectivity index (χ4v) is 3.16. The molecule has 2 fully saturated rings. The van der Waals surface area contributed by atoms with E-state index in [2.05, 4.69) is 24.1 Å². The summed E-state index contributed by atoms with van der Waals surface area (Å²) in [6, 6.07) is 0. The fourth-order valence-electron chi connectivity index (χ4n) is 3.16. The number of nitrogens with zero attached hydrogens (tertiary/aromatic N) is 1.